The van der Waals surface area contributed by atoms with E-state index < -0.39 is 0 Å². The summed E-state index contributed by atoms with van der Waals surface area (Å²) in [6.07, 6.45) is 11.5. The first kappa shape index (κ1) is 14.5. The Kier molecular flexibility index (Phi) is 4.87. The molecule has 0 aliphatic heterocycles. The summed E-state index contributed by atoms with van der Waals surface area (Å²) in [5, 5.41) is 4.91. The van der Waals surface area contributed by atoms with Crippen molar-refractivity contribution < 1.29 is 0 Å². The van der Waals surface area contributed by atoms with Crippen LogP contribution in [0.5, 0.6) is 0 Å². The van der Waals surface area contributed by atoms with Crippen LogP contribution in [-0.4, -0.2) is 18.1 Å². The van der Waals surface area contributed by atoms with Crippen molar-refractivity contribution in [2.75, 3.05) is 7.05 Å². The van der Waals surface area contributed by atoms with Crippen LogP contribution in [0.4, 0.5) is 0 Å². The van der Waals surface area contributed by atoms with Crippen molar-refractivity contribution in [1.82, 2.24) is 10.3 Å². The minimum absolute atomic E-state index is 0.592. The van der Waals surface area contributed by atoms with Crippen molar-refractivity contribution in [3.63, 3.8) is 0 Å². The van der Waals surface area contributed by atoms with Gasteiger partial charge in [-0.15, -0.1) is 0 Å². The Morgan fingerprint density at radius 2 is 1.86 bits per heavy atom. The van der Waals surface area contributed by atoms with Crippen molar-refractivity contribution in [3.05, 3.63) is 42.1 Å². The molecule has 0 radical (unpaired) electrons. The standard InChI is InChI=1S/C19H26N2/c1-20-19(15-8-4-2-3-5-9-15)14-16-12-13-21-18-11-7-6-10-17(16)18/h6-7,10-13,15,19-20H,2-5,8-9,14H2,1H3. The van der Waals surface area contributed by atoms with E-state index in [0.29, 0.717) is 6.04 Å². The van der Waals surface area contributed by atoms with Gasteiger partial charge in [-0.1, -0.05) is 43.9 Å². The average molecular weight is 282 g/mol. The molecule has 1 atom stereocenters. The lowest BCUT2D eigenvalue weighted by Gasteiger charge is -2.26. The van der Waals surface area contributed by atoms with Gasteiger partial charge in [-0.2, -0.15) is 0 Å². The highest BCUT2D eigenvalue weighted by atomic mass is 14.9. The van der Waals surface area contributed by atoms with Crippen molar-refractivity contribution in [2.24, 2.45) is 5.92 Å². The molecular weight excluding hydrogens is 256 g/mol. The Balaban J connectivity index is 1.81. The average Bonchev–Trinajstić information content (AvgIpc) is 2.82. The van der Waals surface area contributed by atoms with Crippen LogP contribution in [0.2, 0.25) is 0 Å². The lowest BCUT2D eigenvalue weighted by molar-refractivity contribution is 0.333. The molecule has 0 spiro atoms. The molecule has 2 heteroatoms. The zero-order valence-corrected chi connectivity index (χ0v) is 13.0. The third kappa shape index (κ3) is 3.44. The number of benzene rings is 1. The van der Waals surface area contributed by atoms with E-state index in [0.717, 1.165) is 17.9 Å². The van der Waals surface area contributed by atoms with Crippen LogP contribution < -0.4 is 5.32 Å². The van der Waals surface area contributed by atoms with Gasteiger partial charge in [0.15, 0.2) is 0 Å². The maximum atomic E-state index is 4.48. The van der Waals surface area contributed by atoms with Crippen molar-refractivity contribution in [3.8, 4) is 0 Å². The quantitative estimate of drug-likeness (QED) is 0.844. The minimum Gasteiger partial charge on any atom is -0.316 e. The molecular formula is C19H26N2. The highest BCUT2D eigenvalue weighted by Crippen LogP contribution is 2.28. The van der Waals surface area contributed by atoms with E-state index in [9.17, 15) is 0 Å². The van der Waals surface area contributed by atoms with E-state index in [4.69, 9.17) is 0 Å². The van der Waals surface area contributed by atoms with E-state index in [1.54, 1.807) is 0 Å². The predicted molar refractivity (Wildman–Crippen MR) is 89.5 cm³/mol. The number of para-hydroxylation sites is 1. The van der Waals surface area contributed by atoms with Gasteiger partial charge in [0.05, 0.1) is 5.52 Å². The summed E-state index contributed by atoms with van der Waals surface area (Å²) in [5.74, 6) is 0.824. The predicted octanol–water partition coefficient (Wildman–Crippen LogP) is 4.34. The molecule has 1 aliphatic carbocycles. The zero-order chi connectivity index (χ0) is 14.5. The van der Waals surface area contributed by atoms with Gasteiger partial charge in [-0.3, -0.25) is 4.98 Å². The summed E-state index contributed by atoms with van der Waals surface area (Å²) in [4.78, 5) is 4.48. The van der Waals surface area contributed by atoms with Gasteiger partial charge in [0.25, 0.3) is 0 Å². The Morgan fingerprint density at radius 1 is 1.10 bits per heavy atom. The number of hydrogen-bond donors (Lipinski definition) is 1. The highest BCUT2D eigenvalue weighted by molar-refractivity contribution is 5.81. The number of likely N-dealkylation sites (N-methyl/N-ethyl adjacent to an activating group) is 1. The summed E-state index contributed by atoms with van der Waals surface area (Å²) >= 11 is 0. The molecule has 1 aromatic carbocycles. The molecule has 1 aliphatic rings. The first-order chi connectivity index (χ1) is 10.4. The highest BCUT2D eigenvalue weighted by Gasteiger charge is 2.22. The number of nitrogens with zero attached hydrogens (tertiary/aromatic N) is 1. The van der Waals surface area contributed by atoms with Crippen LogP contribution in [0.25, 0.3) is 10.9 Å². The Labute approximate surface area is 128 Å². The topological polar surface area (TPSA) is 24.9 Å². The molecule has 2 nitrogen and oxygen atoms in total. The van der Waals surface area contributed by atoms with Crippen LogP contribution in [0.3, 0.4) is 0 Å². The largest absolute Gasteiger partial charge is 0.316 e. The molecule has 1 aromatic heterocycles. The molecule has 1 fully saturated rings. The first-order valence-corrected chi connectivity index (χ1v) is 8.38. The normalized spacial score (nSPS) is 18.5. The summed E-state index contributed by atoms with van der Waals surface area (Å²) in [6.45, 7) is 0. The van der Waals surface area contributed by atoms with E-state index in [2.05, 4.69) is 47.7 Å². The number of rotatable bonds is 4. The maximum absolute atomic E-state index is 4.48. The van der Waals surface area contributed by atoms with Crippen LogP contribution in [-0.2, 0) is 6.42 Å². The van der Waals surface area contributed by atoms with Crippen LogP contribution >= 0.6 is 0 Å². The Bertz CT molecular complexity index is 565. The molecule has 1 heterocycles. The van der Waals surface area contributed by atoms with Gasteiger partial charge in [0, 0.05) is 17.6 Å². The third-order valence-electron chi connectivity index (χ3n) is 5.02. The number of hydrogen-bond acceptors (Lipinski definition) is 2. The monoisotopic (exact) mass is 282 g/mol. The molecule has 0 bridgehead atoms. The number of pyridine rings is 1. The molecule has 21 heavy (non-hydrogen) atoms. The van der Waals surface area contributed by atoms with Gasteiger partial charge >= 0.3 is 0 Å². The second kappa shape index (κ2) is 7.04. The fourth-order valence-electron chi connectivity index (χ4n) is 3.79. The van der Waals surface area contributed by atoms with E-state index in [1.165, 1.54) is 49.5 Å². The molecule has 1 N–H and O–H groups in total. The van der Waals surface area contributed by atoms with Gasteiger partial charge in [0.1, 0.15) is 0 Å². The second-order valence-corrected chi connectivity index (χ2v) is 6.34. The molecule has 112 valence electrons. The number of fused-ring (bicyclic) bond motifs is 1. The van der Waals surface area contributed by atoms with Gasteiger partial charge in [-0.05, 0) is 49.9 Å². The van der Waals surface area contributed by atoms with Crippen molar-refractivity contribution in [1.29, 1.82) is 0 Å². The summed E-state index contributed by atoms with van der Waals surface area (Å²) in [6, 6.07) is 11.3. The third-order valence-corrected chi connectivity index (χ3v) is 5.02. The van der Waals surface area contributed by atoms with Crippen molar-refractivity contribution in [2.45, 2.75) is 51.0 Å². The number of nitrogens with one attached hydrogen (secondary N) is 1. The smallest absolute Gasteiger partial charge is 0.0704 e. The van der Waals surface area contributed by atoms with E-state index in [-0.39, 0.29) is 0 Å². The second-order valence-electron chi connectivity index (χ2n) is 6.34. The minimum atomic E-state index is 0.592. The maximum Gasteiger partial charge on any atom is 0.0704 e. The van der Waals surface area contributed by atoms with Gasteiger partial charge in [-0.25, -0.2) is 0 Å². The fraction of sp³-hybridized carbons (Fsp3) is 0.526. The summed E-state index contributed by atoms with van der Waals surface area (Å²) in [7, 11) is 2.12. The summed E-state index contributed by atoms with van der Waals surface area (Å²) < 4.78 is 0. The van der Waals surface area contributed by atoms with Gasteiger partial charge < -0.3 is 5.32 Å². The van der Waals surface area contributed by atoms with E-state index in [1.807, 2.05) is 6.20 Å². The zero-order valence-electron chi connectivity index (χ0n) is 13.0. The Hall–Kier alpha value is -1.41. The van der Waals surface area contributed by atoms with Crippen LogP contribution in [0.1, 0.15) is 44.1 Å². The fourth-order valence-corrected chi connectivity index (χ4v) is 3.79. The SMILES string of the molecule is CNC(Cc1ccnc2ccccc12)C1CCCCCC1. The first-order valence-electron chi connectivity index (χ1n) is 8.38. The van der Waals surface area contributed by atoms with E-state index >= 15 is 0 Å². The molecule has 0 saturated heterocycles. The molecule has 1 unspecified atom stereocenters. The molecule has 0 amide bonds. The van der Waals surface area contributed by atoms with Crippen LogP contribution in [0, 0.1) is 5.92 Å². The Morgan fingerprint density at radius 3 is 2.62 bits per heavy atom. The van der Waals surface area contributed by atoms with Gasteiger partial charge in [0.2, 0.25) is 0 Å². The van der Waals surface area contributed by atoms with Crippen molar-refractivity contribution >= 4 is 10.9 Å². The van der Waals surface area contributed by atoms with Crippen LogP contribution in [0.15, 0.2) is 36.5 Å². The molecule has 1 saturated carbocycles. The number of aromatic nitrogens is 1. The lowest BCUT2D eigenvalue weighted by atomic mass is 9.87. The lowest BCUT2D eigenvalue weighted by Crippen LogP contribution is -2.35. The molecule has 2 aromatic rings. The molecule has 3 rings (SSSR count). The summed E-state index contributed by atoms with van der Waals surface area (Å²) in [5.41, 5.74) is 2.55.